The van der Waals surface area contributed by atoms with Gasteiger partial charge in [0.15, 0.2) is 5.82 Å². The van der Waals surface area contributed by atoms with Gasteiger partial charge in [0.25, 0.3) is 0 Å². The Balaban J connectivity index is 3.01. The summed E-state index contributed by atoms with van der Waals surface area (Å²) in [6, 6.07) is 1.43. The maximum Gasteiger partial charge on any atom is 0.157 e. The first-order valence-corrected chi connectivity index (χ1v) is 6.50. The number of nitrogens with zero attached hydrogens (tertiary/aromatic N) is 1. The van der Waals surface area contributed by atoms with E-state index < -0.39 is 0 Å². The summed E-state index contributed by atoms with van der Waals surface area (Å²) >= 11 is 2.03. The van der Waals surface area contributed by atoms with Gasteiger partial charge in [0.05, 0.1) is 0 Å². The molecule has 0 spiro atoms. The van der Waals surface area contributed by atoms with Gasteiger partial charge in [-0.1, -0.05) is 0 Å². The van der Waals surface area contributed by atoms with Gasteiger partial charge in [0.2, 0.25) is 0 Å². The van der Waals surface area contributed by atoms with E-state index in [1.807, 2.05) is 21.2 Å². The Hall–Kier alpha value is -0.280. The molecular formula is C8H5FINS. The van der Waals surface area contributed by atoms with Crippen molar-refractivity contribution in [2.45, 2.75) is 6.92 Å². The second-order valence-corrected chi connectivity index (χ2v) is 3.83. The third-order valence-corrected chi connectivity index (χ3v) is 2.03. The average molecular weight is 293 g/mol. The van der Waals surface area contributed by atoms with E-state index in [1.165, 1.54) is 15.0 Å². The monoisotopic (exact) mass is 293 g/mol. The topological polar surface area (TPSA) is 12.9 Å². The van der Waals surface area contributed by atoms with Crippen LogP contribution in [0.5, 0.6) is 0 Å². The lowest BCUT2D eigenvalue weighted by Gasteiger charge is -1.93. The van der Waals surface area contributed by atoms with Gasteiger partial charge in [0.1, 0.15) is 5.69 Å². The zero-order valence-electron chi connectivity index (χ0n) is 6.27. The molecule has 0 bridgehead atoms. The lowest BCUT2D eigenvalue weighted by molar-refractivity contribution is 0.615. The molecule has 0 amide bonds. The number of pyridine rings is 1. The summed E-state index contributed by atoms with van der Waals surface area (Å²) in [4.78, 5) is 3.85. The summed E-state index contributed by atoms with van der Waals surface area (Å²) in [5, 5.41) is 2.68. The number of hydrogen-bond donors (Lipinski definition) is 0. The number of hydrogen-bond acceptors (Lipinski definition) is 2. The Labute approximate surface area is 86.7 Å². The van der Waals surface area contributed by atoms with Crippen LogP contribution >= 0.6 is 30.1 Å². The first kappa shape index (κ1) is 9.81. The molecule has 0 saturated heterocycles. The first-order valence-electron chi connectivity index (χ1n) is 3.15. The van der Waals surface area contributed by atoms with Crippen molar-refractivity contribution in [3.8, 4) is 11.2 Å². The minimum absolute atomic E-state index is 0.213. The maximum absolute atomic E-state index is 13.0. The molecule has 1 heterocycles. The van der Waals surface area contributed by atoms with Gasteiger partial charge < -0.3 is 0 Å². The number of halogens is 2. The largest absolute Gasteiger partial charge is 0.244 e. The smallest absolute Gasteiger partial charge is 0.157 e. The number of aromatic nitrogens is 1. The normalized spacial score (nSPS) is 8.92. The van der Waals surface area contributed by atoms with Crippen LogP contribution in [0.15, 0.2) is 12.3 Å². The molecule has 0 aromatic carbocycles. The fourth-order valence-corrected chi connectivity index (χ4v) is 1.16. The molecule has 0 aliphatic carbocycles. The molecule has 0 radical (unpaired) electrons. The summed E-state index contributed by atoms with van der Waals surface area (Å²) in [5.41, 5.74) is 1.02. The zero-order valence-corrected chi connectivity index (χ0v) is 9.24. The standard InChI is InChI=1S/C8H5FINS/c1-6-4-7(9)8(11-5-6)2-3-12-10/h4-5H,1H3. The molecule has 1 aromatic heterocycles. The van der Waals surface area contributed by atoms with Gasteiger partial charge in [-0.05, 0) is 38.7 Å². The third kappa shape index (κ3) is 2.64. The molecule has 1 rings (SSSR count). The Morgan fingerprint density at radius 1 is 1.67 bits per heavy atom. The van der Waals surface area contributed by atoms with E-state index in [4.69, 9.17) is 0 Å². The molecule has 0 N–H and O–H groups in total. The molecule has 0 unspecified atom stereocenters. The molecule has 0 fully saturated rings. The number of aryl methyl sites for hydroxylation is 1. The Kier molecular flexibility index (Phi) is 3.82. The van der Waals surface area contributed by atoms with E-state index in [1.54, 1.807) is 13.1 Å². The lowest BCUT2D eigenvalue weighted by atomic mass is 10.3. The van der Waals surface area contributed by atoms with Crippen molar-refractivity contribution in [1.82, 2.24) is 4.98 Å². The molecule has 4 heteroatoms. The fourth-order valence-electron chi connectivity index (χ4n) is 0.693. The second-order valence-electron chi connectivity index (χ2n) is 2.15. The van der Waals surface area contributed by atoms with Crippen molar-refractivity contribution >= 4 is 30.1 Å². The summed E-state index contributed by atoms with van der Waals surface area (Å²) in [6.07, 6.45) is 1.60. The zero-order chi connectivity index (χ0) is 8.97. The number of rotatable bonds is 0. The SMILES string of the molecule is Cc1cnc(C#CSI)c(F)c1. The van der Waals surface area contributed by atoms with Crippen LogP contribution in [0.25, 0.3) is 0 Å². The molecular weight excluding hydrogens is 288 g/mol. The molecule has 1 nitrogen and oxygen atoms in total. The Bertz CT molecular complexity index is 343. The van der Waals surface area contributed by atoms with E-state index in [-0.39, 0.29) is 11.5 Å². The molecule has 0 aliphatic heterocycles. The van der Waals surface area contributed by atoms with Gasteiger partial charge in [-0.25, -0.2) is 9.37 Å². The van der Waals surface area contributed by atoms with E-state index in [2.05, 4.69) is 16.2 Å². The van der Waals surface area contributed by atoms with Gasteiger partial charge in [-0.3, -0.25) is 0 Å². The van der Waals surface area contributed by atoms with E-state index in [0.717, 1.165) is 5.56 Å². The van der Waals surface area contributed by atoms with Crippen molar-refractivity contribution in [2.75, 3.05) is 0 Å². The van der Waals surface area contributed by atoms with Crippen LogP contribution in [0.4, 0.5) is 4.39 Å². The van der Waals surface area contributed by atoms with E-state index in [0.29, 0.717) is 0 Å². The highest BCUT2D eigenvalue weighted by Gasteiger charge is 1.98. The van der Waals surface area contributed by atoms with Crippen molar-refractivity contribution in [1.29, 1.82) is 0 Å². The van der Waals surface area contributed by atoms with Crippen LogP contribution < -0.4 is 0 Å². The molecule has 62 valence electrons. The van der Waals surface area contributed by atoms with E-state index in [9.17, 15) is 4.39 Å². The van der Waals surface area contributed by atoms with Crippen LogP contribution in [0.1, 0.15) is 11.3 Å². The van der Waals surface area contributed by atoms with Crippen LogP contribution in [0.3, 0.4) is 0 Å². The fraction of sp³-hybridized carbons (Fsp3) is 0.125. The highest BCUT2D eigenvalue weighted by atomic mass is 127. The van der Waals surface area contributed by atoms with Crippen LogP contribution in [0, 0.1) is 23.9 Å². The quantitative estimate of drug-likeness (QED) is 0.539. The van der Waals surface area contributed by atoms with Crippen molar-refractivity contribution in [2.24, 2.45) is 0 Å². The predicted octanol–water partition coefficient (Wildman–Crippen LogP) is 2.92. The minimum Gasteiger partial charge on any atom is -0.244 e. The third-order valence-electron chi connectivity index (χ3n) is 1.19. The van der Waals surface area contributed by atoms with Crippen molar-refractivity contribution in [3.05, 3.63) is 29.3 Å². The summed E-state index contributed by atoms with van der Waals surface area (Å²) < 4.78 is 13.0. The van der Waals surface area contributed by atoms with Gasteiger partial charge in [-0.2, -0.15) is 0 Å². The molecule has 0 atom stereocenters. The summed E-state index contributed by atoms with van der Waals surface area (Å²) in [7, 11) is 1.31. The maximum atomic E-state index is 13.0. The molecule has 0 saturated carbocycles. The van der Waals surface area contributed by atoms with Crippen LogP contribution in [0.2, 0.25) is 0 Å². The van der Waals surface area contributed by atoms with Crippen molar-refractivity contribution in [3.63, 3.8) is 0 Å². The van der Waals surface area contributed by atoms with Crippen molar-refractivity contribution < 1.29 is 4.39 Å². The second kappa shape index (κ2) is 4.67. The minimum atomic E-state index is -0.354. The molecule has 0 aliphatic rings. The van der Waals surface area contributed by atoms with Gasteiger partial charge >= 0.3 is 0 Å². The molecule has 12 heavy (non-hydrogen) atoms. The summed E-state index contributed by atoms with van der Waals surface area (Å²) in [6.45, 7) is 1.79. The highest BCUT2D eigenvalue weighted by molar-refractivity contribution is 14.2. The average Bonchev–Trinajstić information content (AvgIpc) is 2.03. The summed E-state index contributed by atoms with van der Waals surface area (Å²) in [5.74, 6) is 2.26. The lowest BCUT2D eigenvalue weighted by Crippen LogP contribution is -1.89. The van der Waals surface area contributed by atoms with E-state index >= 15 is 0 Å². The molecule has 1 aromatic rings. The Morgan fingerprint density at radius 2 is 2.42 bits per heavy atom. The Morgan fingerprint density at radius 3 is 3.00 bits per heavy atom. The van der Waals surface area contributed by atoms with Gasteiger partial charge in [0, 0.05) is 27.4 Å². The van der Waals surface area contributed by atoms with Crippen LogP contribution in [-0.2, 0) is 0 Å². The highest BCUT2D eigenvalue weighted by Crippen LogP contribution is 2.09. The van der Waals surface area contributed by atoms with Crippen LogP contribution in [-0.4, -0.2) is 4.98 Å². The van der Waals surface area contributed by atoms with Gasteiger partial charge in [-0.15, -0.1) is 0 Å². The predicted molar refractivity (Wildman–Crippen MR) is 57.4 cm³/mol. The first-order chi connectivity index (χ1) is 5.74.